The molecule has 0 spiro atoms. The van der Waals surface area contributed by atoms with Crippen LogP contribution >= 0.6 is 0 Å². The van der Waals surface area contributed by atoms with Crippen molar-refractivity contribution in [3.63, 3.8) is 0 Å². The van der Waals surface area contributed by atoms with Crippen LogP contribution in [-0.2, 0) is 19.6 Å². The fraction of sp³-hybridized carbons (Fsp3) is 0.741. The Hall–Kier alpha value is -1.68. The highest BCUT2D eigenvalue weighted by atomic mass is 32.2. The third-order valence-electron chi connectivity index (χ3n) is 7.93. The molecule has 1 aromatic carbocycles. The van der Waals surface area contributed by atoms with Crippen molar-refractivity contribution >= 4 is 15.9 Å². The Labute approximate surface area is 218 Å². The summed E-state index contributed by atoms with van der Waals surface area (Å²) in [4.78, 5) is 17.3. The minimum Gasteiger partial charge on any atom is -0.497 e. The van der Waals surface area contributed by atoms with Gasteiger partial charge < -0.3 is 19.3 Å². The smallest absolute Gasteiger partial charge is 0.248 e. The molecule has 0 unspecified atom stereocenters. The lowest BCUT2D eigenvalue weighted by molar-refractivity contribution is -0.137. The van der Waals surface area contributed by atoms with Gasteiger partial charge in [-0.3, -0.25) is 4.79 Å². The fourth-order valence-corrected chi connectivity index (χ4v) is 6.83. The van der Waals surface area contributed by atoms with Gasteiger partial charge in [-0.25, -0.2) is 8.42 Å². The summed E-state index contributed by atoms with van der Waals surface area (Å²) >= 11 is 0. The van der Waals surface area contributed by atoms with Crippen LogP contribution < -0.4 is 4.74 Å². The highest BCUT2D eigenvalue weighted by Gasteiger charge is 2.29. The molecule has 0 aliphatic heterocycles. The molecule has 3 rings (SSSR count). The molecule has 0 aromatic heterocycles. The van der Waals surface area contributed by atoms with Crippen molar-refractivity contribution in [3.05, 3.63) is 23.3 Å². The van der Waals surface area contributed by atoms with E-state index in [1.54, 1.807) is 33.1 Å². The number of carbonyl (C=O) groups is 1. The first kappa shape index (κ1) is 28.9. The highest BCUT2D eigenvalue weighted by Crippen LogP contribution is 2.31. The van der Waals surface area contributed by atoms with E-state index in [-0.39, 0.29) is 36.6 Å². The van der Waals surface area contributed by atoms with Gasteiger partial charge in [0.05, 0.1) is 18.6 Å². The number of hydrogen-bond acceptors (Lipinski definition) is 6. The summed E-state index contributed by atoms with van der Waals surface area (Å²) in [6, 6.07) is 4.53. The van der Waals surface area contributed by atoms with Crippen LogP contribution in [0.25, 0.3) is 0 Å². The number of amides is 1. The zero-order valence-electron chi connectivity index (χ0n) is 23.0. The first-order valence-electron chi connectivity index (χ1n) is 13.2. The van der Waals surface area contributed by atoms with Crippen molar-refractivity contribution in [3.8, 4) is 5.75 Å². The fourth-order valence-electron chi connectivity index (χ4n) is 5.27. The van der Waals surface area contributed by atoms with Crippen LogP contribution in [0.15, 0.2) is 17.0 Å². The van der Waals surface area contributed by atoms with Crippen LogP contribution in [0.2, 0.25) is 0 Å². The van der Waals surface area contributed by atoms with E-state index in [0.29, 0.717) is 16.9 Å². The second-order valence-electron chi connectivity index (χ2n) is 10.6. The van der Waals surface area contributed by atoms with Crippen LogP contribution in [0.5, 0.6) is 5.75 Å². The van der Waals surface area contributed by atoms with Gasteiger partial charge in [0, 0.05) is 32.7 Å². The average Bonchev–Trinajstić information content (AvgIpc) is 3.69. The Morgan fingerprint density at radius 1 is 0.944 bits per heavy atom. The Morgan fingerprint density at radius 2 is 1.53 bits per heavy atom. The number of rotatable bonds is 13. The van der Waals surface area contributed by atoms with Gasteiger partial charge in [0.2, 0.25) is 15.9 Å². The number of carbonyl (C=O) groups excluding carboxylic acids is 1. The van der Waals surface area contributed by atoms with Crippen molar-refractivity contribution in [1.29, 1.82) is 0 Å². The van der Waals surface area contributed by atoms with Gasteiger partial charge in [-0.1, -0.05) is 0 Å². The summed E-state index contributed by atoms with van der Waals surface area (Å²) in [7, 11) is 3.53. The van der Waals surface area contributed by atoms with Crippen LogP contribution in [0, 0.1) is 19.8 Å². The molecule has 0 radical (unpaired) electrons. The molecule has 2 saturated carbocycles. The minimum absolute atomic E-state index is 0.0307. The average molecular weight is 524 g/mol. The zero-order chi connectivity index (χ0) is 26.5. The van der Waals surface area contributed by atoms with E-state index in [4.69, 9.17) is 9.47 Å². The van der Waals surface area contributed by atoms with Gasteiger partial charge in [-0.2, -0.15) is 4.31 Å². The minimum atomic E-state index is -3.68. The van der Waals surface area contributed by atoms with E-state index in [0.717, 1.165) is 24.8 Å². The van der Waals surface area contributed by atoms with E-state index in [9.17, 15) is 13.2 Å². The van der Waals surface area contributed by atoms with Gasteiger partial charge in [-0.15, -0.1) is 0 Å². The van der Waals surface area contributed by atoms with Crippen LogP contribution in [0.1, 0.15) is 56.1 Å². The topological polar surface area (TPSA) is 79.4 Å². The second kappa shape index (κ2) is 12.7. The molecule has 1 aromatic rings. The summed E-state index contributed by atoms with van der Waals surface area (Å²) in [5.74, 6) is 1.35. The summed E-state index contributed by atoms with van der Waals surface area (Å²) in [6.45, 7) is 5.01. The lowest BCUT2D eigenvalue weighted by Crippen LogP contribution is -2.42. The lowest BCUT2D eigenvalue weighted by atomic mass is 9.83. The van der Waals surface area contributed by atoms with Crippen molar-refractivity contribution < 1.29 is 22.7 Å². The number of ether oxygens (including phenoxy) is 2. The summed E-state index contributed by atoms with van der Waals surface area (Å²) in [5, 5.41) is 0. The maximum atomic E-state index is 13.1. The van der Waals surface area contributed by atoms with Gasteiger partial charge in [0.15, 0.2) is 0 Å². The van der Waals surface area contributed by atoms with Crippen molar-refractivity contribution in [2.45, 2.75) is 75.8 Å². The molecule has 0 N–H and O–H groups in total. The molecule has 2 aliphatic carbocycles. The molecule has 0 bridgehead atoms. The van der Waals surface area contributed by atoms with E-state index < -0.39 is 10.0 Å². The van der Waals surface area contributed by atoms with Crippen LogP contribution in [0.3, 0.4) is 0 Å². The maximum Gasteiger partial charge on any atom is 0.248 e. The SMILES string of the molecule is COc1cc(C)c(S(=O)(=O)N(C)CCOCC(=O)N(C)C2CCC(CCN(C)C3CC3)CC2)c(C)c1. The number of hydrogen-bond donors (Lipinski definition) is 0. The van der Waals surface area contributed by atoms with Crippen LogP contribution in [0.4, 0.5) is 0 Å². The first-order chi connectivity index (χ1) is 17.0. The molecule has 0 atom stereocenters. The molecule has 0 heterocycles. The van der Waals surface area contributed by atoms with Gasteiger partial charge in [0.25, 0.3) is 0 Å². The lowest BCUT2D eigenvalue weighted by Gasteiger charge is -2.35. The largest absolute Gasteiger partial charge is 0.497 e. The third-order valence-corrected chi connectivity index (χ3v) is 10.1. The Kier molecular flexibility index (Phi) is 10.2. The number of sulfonamides is 1. The highest BCUT2D eigenvalue weighted by molar-refractivity contribution is 7.89. The molecule has 204 valence electrons. The summed E-state index contributed by atoms with van der Waals surface area (Å²) in [6.07, 6.45) is 8.40. The van der Waals surface area contributed by atoms with E-state index in [1.165, 1.54) is 50.0 Å². The van der Waals surface area contributed by atoms with Gasteiger partial charge >= 0.3 is 0 Å². The predicted molar refractivity (Wildman–Crippen MR) is 142 cm³/mol. The normalized spacial score (nSPS) is 20.7. The quantitative estimate of drug-likeness (QED) is 0.369. The van der Waals surface area contributed by atoms with E-state index >= 15 is 0 Å². The van der Waals surface area contributed by atoms with Crippen molar-refractivity contribution in [1.82, 2.24) is 14.1 Å². The molecule has 8 nitrogen and oxygen atoms in total. The molecule has 9 heteroatoms. The molecule has 36 heavy (non-hydrogen) atoms. The monoisotopic (exact) mass is 523 g/mol. The van der Waals surface area contributed by atoms with Gasteiger partial charge in [0.1, 0.15) is 12.4 Å². The maximum absolute atomic E-state index is 13.1. The van der Waals surface area contributed by atoms with E-state index in [1.807, 2.05) is 11.9 Å². The zero-order valence-corrected chi connectivity index (χ0v) is 23.8. The molecule has 2 aliphatic rings. The molecule has 0 saturated heterocycles. The van der Waals surface area contributed by atoms with Crippen LogP contribution in [-0.4, -0.2) is 95.1 Å². The Balaban J connectivity index is 1.38. The first-order valence-corrected chi connectivity index (χ1v) is 14.6. The number of methoxy groups -OCH3 is 1. The molecule has 2 fully saturated rings. The van der Waals surface area contributed by atoms with Crippen molar-refractivity contribution in [2.75, 3.05) is 54.6 Å². The summed E-state index contributed by atoms with van der Waals surface area (Å²) in [5.41, 5.74) is 1.28. The molecular formula is C27H45N3O5S. The van der Waals surface area contributed by atoms with Crippen molar-refractivity contribution in [2.24, 2.45) is 5.92 Å². The number of aryl methyl sites for hydroxylation is 2. The number of nitrogens with zero attached hydrogens (tertiary/aromatic N) is 3. The standard InChI is InChI=1S/C27H45N3O5S/c1-20-17-25(34-6)18-21(2)27(20)36(32,33)29(4)15-16-35-19-26(31)30(5)24-9-7-22(8-10-24)13-14-28(3)23-11-12-23/h17-18,22-24H,7-16,19H2,1-6H3. The molecule has 1 amide bonds. The number of benzene rings is 1. The van der Waals surface area contributed by atoms with E-state index in [2.05, 4.69) is 11.9 Å². The van der Waals surface area contributed by atoms with Gasteiger partial charge in [-0.05, 0) is 102 Å². The third kappa shape index (κ3) is 7.43. The molecular weight excluding hydrogens is 478 g/mol. The summed E-state index contributed by atoms with van der Waals surface area (Å²) < 4.78 is 38.3. The number of likely N-dealkylation sites (N-methyl/N-ethyl adjacent to an activating group) is 2. The second-order valence-corrected chi connectivity index (χ2v) is 12.6. The predicted octanol–water partition coefficient (Wildman–Crippen LogP) is 3.45. The Bertz CT molecular complexity index is 964. The Morgan fingerprint density at radius 3 is 2.08 bits per heavy atom.